The van der Waals surface area contributed by atoms with Crippen molar-refractivity contribution in [3.05, 3.63) is 53.6 Å². The Kier molecular flexibility index (Phi) is 16.3. The highest BCUT2D eigenvalue weighted by molar-refractivity contribution is 6.05. The van der Waals surface area contributed by atoms with Crippen LogP contribution in [-0.2, 0) is 0 Å². The minimum Gasteiger partial charge on any atom is -0.494 e. The predicted octanol–water partition coefficient (Wildman–Crippen LogP) is 7.22. The minimum absolute atomic E-state index is 0. The number of piperidine rings is 2. The SMILES string of the molecule is COc1cc(NC(=O)c2ccccc2)c(C)cc1Nc1nc(N2CCCCC2)nc(N2CCCCC2)n1.Cl.N.N.N.N.[HH].[HH].[HH].[HH]. The molecule has 5 rings (SSSR count). The van der Waals surface area contributed by atoms with Crippen LogP contribution in [0.2, 0.25) is 0 Å². The quantitative estimate of drug-likeness (QED) is 0.155. The Labute approximate surface area is 260 Å². The van der Waals surface area contributed by atoms with Crippen molar-refractivity contribution < 1.29 is 15.2 Å². The van der Waals surface area contributed by atoms with Gasteiger partial charge in [-0.3, -0.25) is 4.79 Å². The molecule has 1 amide bonds. The molecular weight excluding hydrogens is 558 g/mol. The Balaban J connectivity index is -0.000000623. The van der Waals surface area contributed by atoms with Crippen LogP contribution in [-0.4, -0.2) is 54.1 Å². The van der Waals surface area contributed by atoms with Crippen molar-refractivity contribution in [1.82, 2.24) is 39.6 Å². The average Bonchev–Trinajstić information content (AvgIpc) is 2.95. The molecule has 14 N–H and O–H groups in total. The Bertz CT molecular complexity index is 1220. The lowest BCUT2D eigenvalue weighted by atomic mass is 10.1. The van der Waals surface area contributed by atoms with Gasteiger partial charge in [-0.25, -0.2) is 0 Å². The summed E-state index contributed by atoms with van der Waals surface area (Å²) in [6.45, 7) is 5.79. The highest BCUT2D eigenvalue weighted by atomic mass is 35.5. The molecular formula is C28H56ClN11O2. The van der Waals surface area contributed by atoms with E-state index in [-0.39, 0.29) is 48.6 Å². The molecule has 42 heavy (non-hydrogen) atoms. The molecule has 0 aliphatic carbocycles. The van der Waals surface area contributed by atoms with Crippen LogP contribution in [0.25, 0.3) is 0 Å². The van der Waals surface area contributed by atoms with Crippen LogP contribution < -0.4 is 49.8 Å². The van der Waals surface area contributed by atoms with E-state index in [2.05, 4.69) is 20.4 Å². The van der Waals surface area contributed by atoms with Crippen LogP contribution in [0.15, 0.2) is 42.5 Å². The molecule has 0 atom stereocenters. The van der Waals surface area contributed by atoms with Gasteiger partial charge in [0.25, 0.3) is 5.91 Å². The Morgan fingerprint density at radius 3 is 1.81 bits per heavy atom. The Morgan fingerprint density at radius 1 is 0.786 bits per heavy atom. The summed E-state index contributed by atoms with van der Waals surface area (Å²) < 4.78 is 5.69. The van der Waals surface area contributed by atoms with Gasteiger partial charge in [0.1, 0.15) is 5.75 Å². The second-order valence-corrected chi connectivity index (χ2v) is 9.67. The van der Waals surface area contributed by atoms with E-state index in [1.165, 1.54) is 12.8 Å². The van der Waals surface area contributed by atoms with Gasteiger partial charge in [-0.05, 0) is 69.2 Å². The smallest absolute Gasteiger partial charge is 0.255 e. The van der Waals surface area contributed by atoms with E-state index in [1.54, 1.807) is 19.2 Å². The lowest BCUT2D eigenvalue weighted by Gasteiger charge is -2.30. The fourth-order valence-electron chi connectivity index (χ4n) is 4.87. The molecule has 2 aromatic carbocycles. The van der Waals surface area contributed by atoms with Crippen LogP contribution in [0.5, 0.6) is 5.75 Å². The number of hydrogen-bond donors (Lipinski definition) is 6. The number of aromatic nitrogens is 3. The molecule has 2 aliphatic rings. The molecule has 1 aromatic heterocycles. The number of nitrogens with one attached hydrogen (secondary N) is 2. The normalized spacial score (nSPS) is 14.0. The van der Waals surface area contributed by atoms with E-state index in [1.807, 2.05) is 37.3 Å². The summed E-state index contributed by atoms with van der Waals surface area (Å²) in [5.41, 5.74) is 2.92. The molecule has 242 valence electrons. The van der Waals surface area contributed by atoms with Gasteiger partial charge in [-0.1, -0.05) is 18.2 Å². The molecule has 13 nitrogen and oxygen atoms in total. The second-order valence-electron chi connectivity index (χ2n) is 9.67. The van der Waals surface area contributed by atoms with Crippen molar-refractivity contribution in [1.29, 1.82) is 0 Å². The molecule has 2 aliphatic heterocycles. The topological polar surface area (TPSA) is 236 Å². The van der Waals surface area contributed by atoms with Gasteiger partial charge in [0, 0.05) is 49.2 Å². The van der Waals surface area contributed by atoms with Crippen molar-refractivity contribution in [3.63, 3.8) is 0 Å². The summed E-state index contributed by atoms with van der Waals surface area (Å²) in [6, 6.07) is 12.9. The van der Waals surface area contributed by atoms with Crippen molar-refractivity contribution >= 4 is 47.5 Å². The van der Waals surface area contributed by atoms with Crippen molar-refractivity contribution in [2.24, 2.45) is 0 Å². The number of hydrogen-bond acceptors (Lipinski definition) is 12. The van der Waals surface area contributed by atoms with Crippen molar-refractivity contribution in [2.75, 3.05) is 53.7 Å². The van der Waals surface area contributed by atoms with E-state index in [0.29, 0.717) is 22.9 Å². The molecule has 2 saturated heterocycles. The maximum atomic E-state index is 12.7. The maximum absolute atomic E-state index is 12.7. The summed E-state index contributed by atoms with van der Waals surface area (Å²) in [7, 11) is 1.62. The Hall–Kier alpha value is -3.75. The third-order valence-electron chi connectivity index (χ3n) is 6.97. The number of benzene rings is 2. The van der Waals surface area contributed by atoms with Gasteiger partial charge < -0.3 is 49.8 Å². The molecule has 0 unspecified atom stereocenters. The number of amides is 1. The number of methoxy groups -OCH3 is 1. The highest BCUT2D eigenvalue weighted by Crippen LogP contribution is 2.34. The molecule has 3 heterocycles. The summed E-state index contributed by atoms with van der Waals surface area (Å²) >= 11 is 0. The Morgan fingerprint density at radius 2 is 1.31 bits per heavy atom. The van der Waals surface area contributed by atoms with Gasteiger partial charge >= 0.3 is 0 Å². The number of rotatable bonds is 7. The number of nitrogens with zero attached hydrogens (tertiary/aromatic N) is 5. The molecule has 0 spiro atoms. The van der Waals surface area contributed by atoms with Crippen LogP contribution in [0.4, 0.5) is 29.2 Å². The highest BCUT2D eigenvalue weighted by Gasteiger charge is 2.21. The second kappa shape index (κ2) is 17.9. The van der Waals surface area contributed by atoms with Crippen LogP contribution in [0, 0.1) is 6.92 Å². The van der Waals surface area contributed by atoms with Crippen molar-refractivity contribution in [3.8, 4) is 5.75 Å². The van der Waals surface area contributed by atoms with Gasteiger partial charge in [0.05, 0.1) is 12.8 Å². The van der Waals surface area contributed by atoms with Crippen LogP contribution in [0.3, 0.4) is 0 Å². The van der Waals surface area contributed by atoms with Gasteiger partial charge in [0.15, 0.2) is 0 Å². The summed E-state index contributed by atoms with van der Waals surface area (Å²) in [4.78, 5) is 31.7. The number of ether oxygens (including phenoxy) is 1. The molecule has 3 aromatic rings. The summed E-state index contributed by atoms with van der Waals surface area (Å²) in [5, 5.41) is 6.38. The zero-order valence-corrected chi connectivity index (χ0v) is 25.7. The van der Waals surface area contributed by atoms with Crippen molar-refractivity contribution in [2.45, 2.75) is 45.4 Å². The molecule has 14 heteroatoms. The zero-order chi connectivity index (χ0) is 25.6. The fourth-order valence-corrected chi connectivity index (χ4v) is 4.87. The number of anilines is 5. The number of carbonyl (C=O) groups is 1. The third kappa shape index (κ3) is 9.13. The number of halogens is 1. The molecule has 0 radical (unpaired) electrons. The first kappa shape index (κ1) is 38.2. The lowest BCUT2D eigenvalue weighted by molar-refractivity contribution is 0.102. The van der Waals surface area contributed by atoms with Gasteiger partial charge in [-0.2, -0.15) is 15.0 Å². The molecule has 0 saturated carbocycles. The van der Waals surface area contributed by atoms with E-state index in [9.17, 15) is 4.79 Å². The standard InChI is InChI=1S/C28H35N7O2.ClH.4H3N.4H2/c1-20-18-23(24(37-2)19-22(20)29-25(36)21-12-6-3-7-13-21)30-26-31-27(34-14-8-4-9-15-34)33-28(32-26)35-16-10-5-11-17-35;;;;;;;;;/h3,6-7,12-13,18-19H,4-5,8-11,14-17H2,1-2H3,(H,29,36)(H,30,31,32,33);1H;4*1H3;4*1H. The number of aryl methyl sites for hydroxylation is 1. The van der Waals surface area contributed by atoms with E-state index < -0.39 is 0 Å². The van der Waals surface area contributed by atoms with E-state index >= 15 is 0 Å². The first-order valence-electron chi connectivity index (χ1n) is 13.2. The third-order valence-corrected chi connectivity index (χ3v) is 6.97. The zero-order valence-electron chi connectivity index (χ0n) is 24.9. The number of carbonyl (C=O) groups excluding carboxylic acids is 1. The van der Waals surface area contributed by atoms with E-state index in [4.69, 9.17) is 19.7 Å². The summed E-state index contributed by atoms with van der Waals surface area (Å²) in [5.74, 6) is 2.37. The van der Waals surface area contributed by atoms with Gasteiger partial charge in [0.2, 0.25) is 17.8 Å². The van der Waals surface area contributed by atoms with E-state index in [0.717, 1.165) is 75.0 Å². The monoisotopic (exact) mass is 613 g/mol. The first-order valence-corrected chi connectivity index (χ1v) is 13.2. The molecule has 0 bridgehead atoms. The molecule has 2 fully saturated rings. The largest absolute Gasteiger partial charge is 0.494 e. The van der Waals surface area contributed by atoms with Gasteiger partial charge in [-0.15, -0.1) is 12.4 Å². The summed E-state index contributed by atoms with van der Waals surface area (Å²) in [6.07, 6.45) is 7.09. The maximum Gasteiger partial charge on any atom is 0.255 e. The lowest BCUT2D eigenvalue weighted by Crippen LogP contribution is -2.34. The van der Waals surface area contributed by atoms with Crippen LogP contribution >= 0.6 is 12.4 Å². The van der Waals surface area contributed by atoms with Crippen LogP contribution in [0.1, 0.15) is 60.2 Å². The fraction of sp³-hybridized carbons (Fsp3) is 0.429. The minimum atomic E-state index is -0.165. The first-order chi connectivity index (χ1) is 18.1. The average molecular weight is 614 g/mol. The predicted molar refractivity (Wildman–Crippen MR) is 183 cm³/mol.